The van der Waals surface area contributed by atoms with Gasteiger partial charge in [-0.15, -0.1) is 0 Å². The molecule has 0 aliphatic rings. The third-order valence-corrected chi connectivity index (χ3v) is 2.44. The van der Waals surface area contributed by atoms with Crippen molar-refractivity contribution in [2.75, 3.05) is 5.75 Å². The molecule has 0 bridgehead atoms. The van der Waals surface area contributed by atoms with E-state index in [1.54, 1.807) is 12.1 Å². The van der Waals surface area contributed by atoms with Gasteiger partial charge in [-0.05, 0) is 17.7 Å². The van der Waals surface area contributed by atoms with Crippen molar-refractivity contribution < 1.29 is 8.78 Å². The number of thiol groups is 1. The molecule has 0 radical (unpaired) electrons. The largest absolute Gasteiger partial charge is 0.273 e. The monoisotopic (exact) mass is 216 g/mol. The molecule has 0 N–H and O–H groups in total. The van der Waals surface area contributed by atoms with Gasteiger partial charge in [0.15, 0.2) is 0 Å². The average Bonchev–Trinajstić information content (AvgIpc) is 2.19. The summed E-state index contributed by atoms with van der Waals surface area (Å²) in [5.41, 5.74) is 1.15. The Hall–Kier alpha value is -0.570. The zero-order valence-electron chi connectivity index (χ0n) is 8.13. The SMILES string of the molecule is CCC(F)(F)c1ccc(CCS)cc1. The summed E-state index contributed by atoms with van der Waals surface area (Å²) in [6.07, 6.45) is 0.667. The minimum Gasteiger partial charge on any atom is -0.201 e. The van der Waals surface area contributed by atoms with Crippen LogP contribution in [0.15, 0.2) is 24.3 Å². The summed E-state index contributed by atoms with van der Waals surface area (Å²) in [7, 11) is 0. The number of alkyl halides is 2. The van der Waals surface area contributed by atoms with E-state index in [9.17, 15) is 8.78 Å². The van der Waals surface area contributed by atoms with Crippen molar-refractivity contribution >= 4 is 12.6 Å². The molecule has 0 nitrogen and oxygen atoms in total. The van der Waals surface area contributed by atoms with Crippen LogP contribution in [0.1, 0.15) is 24.5 Å². The van der Waals surface area contributed by atoms with E-state index in [1.807, 2.05) is 0 Å². The highest BCUT2D eigenvalue weighted by atomic mass is 32.1. The van der Waals surface area contributed by atoms with Gasteiger partial charge in [-0.3, -0.25) is 0 Å². The summed E-state index contributed by atoms with van der Waals surface area (Å²) in [6.45, 7) is 1.49. The third kappa shape index (κ3) is 2.71. The number of halogens is 2. The molecule has 0 aliphatic carbocycles. The smallest absolute Gasteiger partial charge is 0.201 e. The van der Waals surface area contributed by atoms with Gasteiger partial charge in [0.1, 0.15) is 0 Å². The number of rotatable bonds is 4. The van der Waals surface area contributed by atoms with Crippen molar-refractivity contribution in [3.8, 4) is 0 Å². The molecule has 3 heteroatoms. The van der Waals surface area contributed by atoms with Crippen LogP contribution in [-0.4, -0.2) is 5.75 Å². The molecular weight excluding hydrogens is 202 g/mol. The van der Waals surface area contributed by atoms with Crippen LogP contribution in [0.3, 0.4) is 0 Å². The predicted octanol–water partition coefficient (Wildman–Crippen LogP) is 3.66. The molecule has 0 aliphatic heterocycles. The molecule has 0 aromatic heterocycles. The van der Waals surface area contributed by atoms with Crippen LogP contribution in [0, 0.1) is 0 Å². The highest BCUT2D eigenvalue weighted by molar-refractivity contribution is 7.80. The van der Waals surface area contributed by atoms with Gasteiger partial charge in [0.05, 0.1) is 0 Å². The van der Waals surface area contributed by atoms with Crippen molar-refractivity contribution in [1.82, 2.24) is 0 Å². The Morgan fingerprint density at radius 2 is 1.79 bits per heavy atom. The molecule has 0 saturated heterocycles. The Bertz CT molecular complexity index is 280. The van der Waals surface area contributed by atoms with Crippen molar-refractivity contribution in [3.63, 3.8) is 0 Å². The van der Waals surface area contributed by atoms with Gasteiger partial charge in [0, 0.05) is 12.0 Å². The lowest BCUT2D eigenvalue weighted by molar-refractivity contribution is -0.00829. The topological polar surface area (TPSA) is 0 Å². The summed E-state index contributed by atoms with van der Waals surface area (Å²) in [6, 6.07) is 6.49. The lowest BCUT2D eigenvalue weighted by Crippen LogP contribution is -2.11. The summed E-state index contributed by atoms with van der Waals surface area (Å²) in [4.78, 5) is 0. The average molecular weight is 216 g/mol. The van der Waals surface area contributed by atoms with Gasteiger partial charge in [0.25, 0.3) is 5.92 Å². The lowest BCUT2D eigenvalue weighted by Gasteiger charge is -2.14. The van der Waals surface area contributed by atoms with Gasteiger partial charge in [-0.25, -0.2) is 8.78 Å². The maximum absolute atomic E-state index is 13.2. The minimum absolute atomic E-state index is 0.0999. The summed E-state index contributed by atoms with van der Waals surface area (Å²) < 4.78 is 26.4. The fraction of sp³-hybridized carbons (Fsp3) is 0.455. The first-order valence-electron chi connectivity index (χ1n) is 4.68. The summed E-state index contributed by atoms with van der Waals surface area (Å²) in [5, 5.41) is 0. The van der Waals surface area contributed by atoms with Crippen molar-refractivity contribution in [2.24, 2.45) is 0 Å². The maximum Gasteiger partial charge on any atom is 0.273 e. The van der Waals surface area contributed by atoms with E-state index >= 15 is 0 Å². The van der Waals surface area contributed by atoms with E-state index in [2.05, 4.69) is 12.6 Å². The second-order valence-electron chi connectivity index (χ2n) is 3.23. The molecule has 14 heavy (non-hydrogen) atoms. The zero-order valence-corrected chi connectivity index (χ0v) is 9.03. The van der Waals surface area contributed by atoms with Gasteiger partial charge >= 0.3 is 0 Å². The Morgan fingerprint density at radius 3 is 2.21 bits per heavy atom. The van der Waals surface area contributed by atoms with Crippen LogP contribution in [0.25, 0.3) is 0 Å². The molecule has 0 fully saturated rings. The van der Waals surface area contributed by atoms with E-state index < -0.39 is 5.92 Å². The molecule has 1 aromatic rings. The number of hydrogen-bond donors (Lipinski definition) is 1. The molecule has 1 aromatic carbocycles. The zero-order chi connectivity index (χ0) is 10.6. The molecule has 0 spiro atoms. The molecule has 78 valence electrons. The van der Waals surface area contributed by atoms with Crippen LogP contribution in [0.5, 0.6) is 0 Å². The van der Waals surface area contributed by atoms with Crippen LogP contribution in [-0.2, 0) is 12.3 Å². The fourth-order valence-electron chi connectivity index (χ4n) is 1.25. The second kappa shape index (κ2) is 4.78. The van der Waals surface area contributed by atoms with Gasteiger partial charge in [0.2, 0.25) is 0 Å². The third-order valence-electron chi connectivity index (χ3n) is 2.22. The normalized spacial score (nSPS) is 11.7. The molecule has 0 unspecified atom stereocenters. The van der Waals surface area contributed by atoms with Crippen LogP contribution in [0.2, 0.25) is 0 Å². The Labute approximate surface area is 88.7 Å². The van der Waals surface area contributed by atoms with Crippen molar-refractivity contribution in [1.29, 1.82) is 0 Å². The quantitative estimate of drug-likeness (QED) is 0.729. The lowest BCUT2D eigenvalue weighted by atomic mass is 10.0. The highest BCUT2D eigenvalue weighted by Gasteiger charge is 2.28. The Balaban J connectivity index is 2.82. The van der Waals surface area contributed by atoms with E-state index in [-0.39, 0.29) is 12.0 Å². The minimum atomic E-state index is -2.69. The van der Waals surface area contributed by atoms with E-state index in [1.165, 1.54) is 19.1 Å². The summed E-state index contributed by atoms with van der Waals surface area (Å²) in [5.74, 6) is -1.96. The Morgan fingerprint density at radius 1 is 1.21 bits per heavy atom. The van der Waals surface area contributed by atoms with Crippen LogP contribution >= 0.6 is 12.6 Å². The second-order valence-corrected chi connectivity index (χ2v) is 3.68. The number of aryl methyl sites for hydroxylation is 1. The van der Waals surface area contributed by atoms with Gasteiger partial charge < -0.3 is 0 Å². The highest BCUT2D eigenvalue weighted by Crippen LogP contribution is 2.31. The summed E-state index contributed by atoms with van der Waals surface area (Å²) >= 11 is 4.09. The molecular formula is C11H14F2S. The predicted molar refractivity (Wildman–Crippen MR) is 58.2 cm³/mol. The van der Waals surface area contributed by atoms with Crippen LogP contribution < -0.4 is 0 Å². The molecule has 0 heterocycles. The van der Waals surface area contributed by atoms with Crippen molar-refractivity contribution in [2.45, 2.75) is 25.7 Å². The maximum atomic E-state index is 13.2. The molecule has 0 saturated carbocycles. The first-order chi connectivity index (χ1) is 6.60. The first kappa shape index (κ1) is 11.5. The van der Waals surface area contributed by atoms with Crippen molar-refractivity contribution in [3.05, 3.63) is 35.4 Å². The van der Waals surface area contributed by atoms with Crippen LogP contribution in [0.4, 0.5) is 8.78 Å². The van der Waals surface area contributed by atoms with Gasteiger partial charge in [-0.2, -0.15) is 12.6 Å². The molecule has 0 amide bonds. The fourth-order valence-corrected chi connectivity index (χ4v) is 1.51. The van der Waals surface area contributed by atoms with E-state index in [0.29, 0.717) is 0 Å². The van der Waals surface area contributed by atoms with E-state index in [4.69, 9.17) is 0 Å². The molecule has 1 rings (SSSR count). The standard InChI is InChI=1S/C11H14F2S/c1-2-11(12,13)10-5-3-9(4-6-10)7-8-14/h3-6,14H,2,7-8H2,1H3. The number of hydrogen-bond acceptors (Lipinski definition) is 1. The number of benzene rings is 1. The first-order valence-corrected chi connectivity index (χ1v) is 5.31. The Kier molecular flexibility index (Phi) is 3.93. The van der Waals surface area contributed by atoms with Gasteiger partial charge in [-0.1, -0.05) is 31.2 Å². The van der Waals surface area contributed by atoms with E-state index in [0.717, 1.165) is 17.7 Å². The molecule has 0 atom stereocenters.